The van der Waals surface area contributed by atoms with Crippen molar-refractivity contribution in [2.75, 3.05) is 6.61 Å². The van der Waals surface area contributed by atoms with Gasteiger partial charge in [-0.2, -0.15) is 0 Å². The largest absolute Gasteiger partial charge is 0.376 e. The van der Waals surface area contributed by atoms with E-state index in [1.807, 2.05) is 13.8 Å². The Kier molecular flexibility index (Phi) is 3.49. The summed E-state index contributed by atoms with van der Waals surface area (Å²) in [5.41, 5.74) is 0.112. The number of halogens is 1. The van der Waals surface area contributed by atoms with Gasteiger partial charge in [0.25, 0.3) is 5.91 Å². The average molecular weight is 299 g/mol. The zero-order valence-electron chi connectivity index (χ0n) is 9.87. The maximum absolute atomic E-state index is 12.1. The molecule has 1 amide bonds. The van der Waals surface area contributed by atoms with Gasteiger partial charge in [0, 0.05) is 6.61 Å². The second-order valence-electron chi connectivity index (χ2n) is 4.48. The van der Waals surface area contributed by atoms with Crippen molar-refractivity contribution in [2.24, 2.45) is 0 Å². The zero-order chi connectivity index (χ0) is 12.5. The van der Waals surface area contributed by atoms with Crippen LogP contribution in [0, 0.1) is 0 Å². The molecule has 1 saturated heterocycles. The van der Waals surface area contributed by atoms with Gasteiger partial charge >= 0.3 is 0 Å². The fourth-order valence-electron chi connectivity index (χ4n) is 1.86. The van der Waals surface area contributed by atoms with Gasteiger partial charge in [0.2, 0.25) is 0 Å². The zero-order valence-corrected chi connectivity index (χ0v) is 11.5. The van der Waals surface area contributed by atoms with Crippen LogP contribution in [0.2, 0.25) is 0 Å². The standard InChI is InChI=1S/C12H15BrN2O2/c1-8-12(2,6-7-17-8)15-11(16)9-4-3-5-10(13)14-9/h3-5,8H,6-7H2,1-2H3,(H,15,16). The second kappa shape index (κ2) is 4.74. The van der Waals surface area contributed by atoms with Gasteiger partial charge in [0.1, 0.15) is 10.3 Å². The lowest BCUT2D eigenvalue weighted by atomic mass is 9.94. The molecular weight excluding hydrogens is 284 g/mol. The Morgan fingerprint density at radius 2 is 2.41 bits per heavy atom. The summed E-state index contributed by atoms with van der Waals surface area (Å²) in [7, 11) is 0. The number of hydrogen-bond acceptors (Lipinski definition) is 3. The van der Waals surface area contributed by atoms with Gasteiger partial charge in [-0.15, -0.1) is 0 Å². The van der Waals surface area contributed by atoms with E-state index < -0.39 is 0 Å². The van der Waals surface area contributed by atoms with Crippen molar-refractivity contribution in [2.45, 2.75) is 31.9 Å². The molecule has 1 aliphatic rings. The summed E-state index contributed by atoms with van der Waals surface area (Å²) in [5, 5.41) is 3.00. The summed E-state index contributed by atoms with van der Waals surface area (Å²) in [6, 6.07) is 5.28. The van der Waals surface area contributed by atoms with E-state index in [0.29, 0.717) is 16.9 Å². The van der Waals surface area contributed by atoms with Crippen LogP contribution in [0.4, 0.5) is 0 Å². The molecule has 0 bridgehead atoms. The minimum absolute atomic E-state index is 0.0265. The number of carbonyl (C=O) groups excluding carboxylic acids is 1. The lowest BCUT2D eigenvalue weighted by Crippen LogP contribution is -2.50. The van der Waals surface area contributed by atoms with Gasteiger partial charge in [-0.3, -0.25) is 4.79 Å². The molecule has 2 heterocycles. The molecule has 1 aliphatic heterocycles. The normalized spacial score (nSPS) is 28.1. The number of rotatable bonds is 2. The molecule has 0 aromatic carbocycles. The molecular formula is C12H15BrN2O2. The molecule has 0 aliphatic carbocycles. The molecule has 0 saturated carbocycles. The molecule has 4 nitrogen and oxygen atoms in total. The van der Waals surface area contributed by atoms with E-state index in [1.54, 1.807) is 18.2 Å². The lowest BCUT2D eigenvalue weighted by molar-refractivity contribution is 0.0724. The Balaban J connectivity index is 2.12. The Labute approximate surface area is 109 Å². The number of amides is 1. The van der Waals surface area contributed by atoms with Crippen molar-refractivity contribution in [1.82, 2.24) is 10.3 Å². The molecule has 2 atom stereocenters. The van der Waals surface area contributed by atoms with Gasteiger partial charge < -0.3 is 10.1 Å². The molecule has 0 radical (unpaired) electrons. The van der Waals surface area contributed by atoms with Crippen LogP contribution in [-0.4, -0.2) is 29.1 Å². The van der Waals surface area contributed by atoms with Crippen molar-refractivity contribution in [3.05, 3.63) is 28.5 Å². The molecule has 1 fully saturated rings. The Hall–Kier alpha value is -0.940. The SMILES string of the molecule is CC1OCCC1(C)NC(=O)c1cccc(Br)n1. The van der Waals surface area contributed by atoms with Crippen LogP contribution >= 0.6 is 15.9 Å². The number of nitrogens with zero attached hydrogens (tertiary/aromatic N) is 1. The third kappa shape index (κ3) is 2.66. The maximum atomic E-state index is 12.1. The predicted molar refractivity (Wildman–Crippen MR) is 67.8 cm³/mol. The summed E-state index contributed by atoms with van der Waals surface area (Å²) in [6.07, 6.45) is 0.854. The third-order valence-electron chi connectivity index (χ3n) is 3.23. The van der Waals surface area contributed by atoms with Crippen LogP contribution in [0.1, 0.15) is 30.8 Å². The van der Waals surface area contributed by atoms with Crippen LogP contribution in [0.15, 0.2) is 22.8 Å². The first-order valence-electron chi connectivity index (χ1n) is 5.58. The van der Waals surface area contributed by atoms with Crippen molar-refractivity contribution in [1.29, 1.82) is 0 Å². The number of ether oxygens (including phenoxy) is 1. The second-order valence-corrected chi connectivity index (χ2v) is 5.29. The molecule has 0 spiro atoms. The fraction of sp³-hybridized carbons (Fsp3) is 0.500. The summed E-state index contributed by atoms with van der Waals surface area (Å²) in [5.74, 6) is -0.161. The van der Waals surface area contributed by atoms with Crippen molar-refractivity contribution in [3.8, 4) is 0 Å². The highest BCUT2D eigenvalue weighted by Gasteiger charge is 2.38. The first kappa shape index (κ1) is 12.5. The Bertz CT molecular complexity index is 438. The van der Waals surface area contributed by atoms with E-state index in [9.17, 15) is 4.79 Å². The molecule has 5 heteroatoms. The van der Waals surface area contributed by atoms with E-state index in [4.69, 9.17) is 4.74 Å². The number of pyridine rings is 1. The predicted octanol–water partition coefficient (Wildman–Crippen LogP) is 2.14. The molecule has 92 valence electrons. The van der Waals surface area contributed by atoms with Gasteiger partial charge in [0.15, 0.2) is 0 Å². The minimum atomic E-state index is -0.304. The Morgan fingerprint density at radius 1 is 1.65 bits per heavy atom. The highest BCUT2D eigenvalue weighted by atomic mass is 79.9. The van der Waals surface area contributed by atoms with Crippen molar-refractivity contribution >= 4 is 21.8 Å². The van der Waals surface area contributed by atoms with E-state index in [1.165, 1.54) is 0 Å². The van der Waals surface area contributed by atoms with Crippen LogP contribution in [-0.2, 0) is 4.74 Å². The van der Waals surface area contributed by atoms with Gasteiger partial charge in [-0.05, 0) is 48.3 Å². The maximum Gasteiger partial charge on any atom is 0.270 e. The summed E-state index contributed by atoms with van der Waals surface area (Å²) in [6.45, 7) is 4.66. The highest BCUT2D eigenvalue weighted by Crippen LogP contribution is 2.25. The van der Waals surface area contributed by atoms with Crippen molar-refractivity contribution in [3.63, 3.8) is 0 Å². The van der Waals surface area contributed by atoms with E-state index in [2.05, 4.69) is 26.2 Å². The number of hydrogen-bond donors (Lipinski definition) is 1. The van der Waals surface area contributed by atoms with Gasteiger partial charge in [-0.1, -0.05) is 6.07 Å². The number of aromatic nitrogens is 1. The lowest BCUT2D eigenvalue weighted by Gasteiger charge is -2.28. The van der Waals surface area contributed by atoms with E-state index in [-0.39, 0.29) is 17.6 Å². The summed E-state index contributed by atoms with van der Waals surface area (Å²) < 4.78 is 6.14. The van der Waals surface area contributed by atoms with E-state index in [0.717, 1.165) is 6.42 Å². The van der Waals surface area contributed by atoms with E-state index >= 15 is 0 Å². The summed E-state index contributed by atoms with van der Waals surface area (Å²) >= 11 is 3.25. The summed E-state index contributed by atoms with van der Waals surface area (Å²) in [4.78, 5) is 16.2. The van der Waals surface area contributed by atoms with Crippen LogP contribution in [0.5, 0.6) is 0 Å². The fourth-order valence-corrected chi connectivity index (χ4v) is 2.20. The molecule has 17 heavy (non-hydrogen) atoms. The molecule has 1 aromatic rings. The topological polar surface area (TPSA) is 51.2 Å². The first-order valence-corrected chi connectivity index (χ1v) is 6.37. The highest BCUT2D eigenvalue weighted by molar-refractivity contribution is 9.10. The monoisotopic (exact) mass is 298 g/mol. The quantitative estimate of drug-likeness (QED) is 0.851. The Morgan fingerprint density at radius 3 is 3.00 bits per heavy atom. The molecule has 1 N–H and O–H groups in total. The average Bonchev–Trinajstić information content (AvgIpc) is 2.59. The molecule has 1 aromatic heterocycles. The van der Waals surface area contributed by atoms with Crippen LogP contribution in [0.3, 0.4) is 0 Å². The van der Waals surface area contributed by atoms with Gasteiger partial charge in [-0.25, -0.2) is 4.98 Å². The molecule has 2 unspecified atom stereocenters. The number of carbonyl (C=O) groups is 1. The van der Waals surface area contributed by atoms with Crippen LogP contribution < -0.4 is 5.32 Å². The number of nitrogens with one attached hydrogen (secondary N) is 1. The van der Waals surface area contributed by atoms with Gasteiger partial charge in [0.05, 0.1) is 11.6 Å². The van der Waals surface area contributed by atoms with Crippen molar-refractivity contribution < 1.29 is 9.53 Å². The van der Waals surface area contributed by atoms with Crippen LogP contribution in [0.25, 0.3) is 0 Å². The third-order valence-corrected chi connectivity index (χ3v) is 3.67. The molecule has 2 rings (SSSR count). The first-order chi connectivity index (χ1) is 8.01. The smallest absolute Gasteiger partial charge is 0.270 e. The minimum Gasteiger partial charge on any atom is -0.376 e.